The second-order valence-corrected chi connectivity index (χ2v) is 9.42. The molecule has 0 aliphatic carbocycles. The number of carbonyl (C=O) groups excluding carboxylic acids is 2. The van der Waals surface area contributed by atoms with E-state index >= 15 is 0 Å². The molecule has 0 saturated heterocycles. The van der Waals surface area contributed by atoms with Gasteiger partial charge in [-0.3, -0.25) is 19.2 Å². The molecule has 0 aliphatic heterocycles. The number of rotatable bonds is 17. The molecule has 0 heterocycles. The molecule has 9 nitrogen and oxygen atoms in total. The van der Waals surface area contributed by atoms with Crippen molar-refractivity contribution in [1.82, 2.24) is 0 Å². The van der Waals surface area contributed by atoms with Crippen LogP contribution >= 0.6 is 11.8 Å². The number of ketones is 2. The molecule has 0 saturated carbocycles. The van der Waals surface area contributed by atoms with E-state index < -0.39 is 17.9 Å². The Kier molecular flexibility index (Phi) is 12.0. The highest BCUT2D eigenvalue weighted by molar-refractivity contribution is 7.99. The predicted octanol–water partition coefficient (Wildman–Crippen LogP) is 4.49. The van der Waals surface area contributed by atoms with Gasteiger partial charge in [0.05, 0.1) is 30.4 Å². The molecule has 0 aliphatic rings. The first-order valence-corrected chi connectivity index (χ1v) is 13.1. The fourth-order valence-electron chi connectivity index (χ4n) is 3.54. The van der Waals surface area contributed by atoms with Gasteiger partial charge in [0, 0.05) is 29.7 Å². The zero-order valence-electron chi connectivity index (χ0n) is 20.9. The molecule has 200 valence electrons. The van der Waals surface area contributed by atoms with Gasteiger partial charge in [-0.1, -0.05) is 13.3 Å². The highest BCUT2D eigenvalue weighted by Crippen LogP contribution is 2.33. The number of hydrogen-bond acceptors (Lipinski definition) is 8. The van der Waals surface area contributed by atoms with Crippen LogP contribution in [0.15, 0.2) is 36.4 Å². The summed E-state index contributed by atoms with van der Waals surface area (Å²) in [6.45, 7) is 4.06. The number of phenolic OH excluding ortho intramolecular Hbond substituents is 1. The molecule has 0 radical (unpaired) electrons. The largest absolute Gasteiger partial charge is 0.507 e. The van der Waals surface area contributed by atoms with E-state index in [1.165, 1.54) is 6.92 Å². The average Bonchev–Trinajstić information content (AvgIpc) is 2.85. The van der Waals surface area contributed by atoms with E-state index in [0.29, 0.717) is 48.7 Å². The van der Waals surface area contributed by atoms with Gasteiger partial charge >= 0.3 is 11.9 Å². The molecule has 37 heavy (non-hydrogen) atoms. The van der Waals surface area contributed by atoms with E-state index in [-0.39, 0.29) is 40.8 Å². The molecule has 2 aromatic rings. The number of hydrogen-bond donors (Lipinski definition) is 3. The minimum absolute atomic E-state index is 0.0357. The normalized spacial score (nSPS) is 11.5. The SMILES string of the molecule is CCCc1c(OCCCOc2ccc(C(=O)C[C@H](CSCC(=O)O)C(=O)O)cc2)ccc(C(C)=O)c1O. The van der Waals surface area contributed by atoms with Crippen LogP contribution in [-0.4, -0.2) is 63.5 Å². The van der Waals surface area contributed by atoms with Crippen LogP contribution in [0, 0.1) is 5.92 Å². The Morgan fingerprint density at radius 1 is 0.973 bits per heavy atom. The number of aliphatic carboxylic acids is 2. The van der Waals surface area contributed by atoms with Crippen LogP contribution in [0.3, 0.4) is 0 Å². The Labute approximate surface area is 219 Å². The van der Waals surface area contributed by atoms with E-state index in [1.807, 2.05) is 6.92 Å². The van der Waals surface area contributed by atoms with Crippen LogP contribution in [-0.2, 0) is 16.0 Å². The Balaban J connectivity index is 1.83. The maximum Gasteiger partial charge on any atom is 0.313 e. The third kappa shape index (κ3) is 9.45. The number of aromatic hydroxyl groups is 1. The lowest BCUT2D eigenvalue weighted by atomic mass is 10.00. The zero-order valence-corrected chi connectivity index (χ0v) is 21.7. The van der Waals surface area contributed by atoms with Gasteiger partial charge in [-0.25, -0.2) is 0 Å². The topological polar surface area (TPSA) is 147 Å². The number of Topliss-reactive ketones (excluding diaryl/α,β-unsaturated/α-hetero) is 2. The number of phenols is 1. The van der Waals surface area contributed by atoms with Crippen LogP contribution in [0.25, 0.3) is 0 Å². The van der Waals surface area contributed by atoms with Crippen molar-refractivity contribution in [2.75, 3.05) is 24.7 Å². The number of carboxylic acids is 2. The molecule has 3 N–H and O–H groups in total. The third-order valence-electron chi connectivity index (χ3n) is 5.44. The first kappa shape index (κ1) is 29.7. The summed E-state index contributed by atoms with van der Waals surface area (Å²) in [4.78, 5) is 46.2. The van der Waals surface area contributed by atoms with Gasteiger partial charge in [0.25, 0.3) is 0 Å². The smallest absolute Gasteiger partial charge is 0.313 e. The minimum atomic E-state index is -1.14. The van der Waals surface area contributed by atoms with Crippen LogP contribution in [0.4, 0.5) is 0 Å². The van der Waals surface area contributed by atoms with Gasteiger partial charge in [-0.2, -0.15) is 0 Å². The molecular weight excluding hydrogens is 500 g/mol. The fraction of sp³-hybridized carbons (Fsp3) is 0.407. The summed E-state index contributed by atoms with van der Waals surface area (Å²) in [5.74, 6) is -2.83. The standard InChI is InChI=1S/C27H32O9S/c1-3-5-22-24(11-10-21(17(2)28)26(22)32)36-13-4-12-35-20-8-6-18(7-9-20)23(29)14-19(27(33)34)15-37-16-25(30)31/h6-11,19,32H,3-5,12-16H2,1-2H3,(H,30,31)(H,33,34)/t19-/m1/s1. The molecule has 10 heteroatoms. The van der Waals surface area contributed by atoms with E-state index in [1.54, 1.807) is 36.4 Å². The Bertz CT molecular complexity index is 1100. The Morgan fingerprint density at radius 2 is 1.65 bits per heavy atom. The lowest BCUT2D eigenvalue weighted by molar-refractivity contribution is -0.141. The van der Waals surface area contributed by atoms with Crippen LogP contribution < -0.4 is 9.47 Å². The maximum atomic E-state index is 12.5. The van der Waals surface area contributed by atoms with Gasteiger partial charge in [0.2, 0.25) is 0 Å². The average molecular weight is 533 g/mol. The second kappa shape index (κ2) is 14.9. The summed E-state index contributed by atoms with van der Waals surface area (Å²) in [5, 5.41) is 28.4. The molecule has 2 aromatic carbocycles. The van der Waals surface area contributed by atoms with Gasteiger partial charge < -0.3 is 24.8 Å². The lowest BCUT2D eigenvalue weighted by Gasteiger charge is -2.15. The van der Waals surface area contributed by atoms with Crippen molar-refractivity contribution < 1.29 is 44.0 Å². The molecule has 0 spiro atoms. The highest BCUT2D eigenvalue weighted by Gasteiger charge is 2.22. The van der Waals surface area contributed by atoms with Gasteiger partial charge in [-0.05, 0) is 49.7 Å². The first-order chi connectivity index (χ1) is 17.6. The molecule has 0 fully saturated rings. The third-order valence-corrected chi connectivity index (χ3v) is 6.53. The Hall–Kier alpha value is -3.53. The summed E-state index contributed by atoms with van der Waals surface area (Å²) in [7, 11) is 0. The Morgan fingerprint density at radius 3 is 2.24 bits per heavy atom. The van der Waals surface area contributed by atoms with Gasteiger partial charge in [-0.15, -0.1) is 11.8 Å². The number of carboxylic acid groups (broad SMARTS) is 2. The minimum Gasteiger partial charge on any atom is -0.507 e. The first-order valence-electron chi connectivity index (χ1n) is 11.9. The quantitative estimate of drug-likeness (QED) is 0.197. The van der Waals surface area contributed by atoms with Crippen LogP contribution in [0.5, 0.6) is 17.2 Å². The van der Waals surface area contributed by atoms with E-state index in [9.17, 15) is 29.4 Å². The molecular formula is C27H32O9S. The summed E-state index contributed by atoms with van der Waals surface area (Å²) in [5.41, 5.74) is 1.24. The zero-order chi connectivity index (χ0) is 27.4. The maximum absolute atomic E-state index is 12.5. The number of thioether (sulfide) groups is 1. The molecule has 2 rings (SSSR count). The van der Waals surface area contributed by atoms with Crippen molar-refractivity contribution in [2.45, 2.75) is 39.5 Å². The van der Waals surface area contributed by atoms with Crippen molar-refractivity contribution in [3.8, 4) is 17.2 Å². The molecule has 0 amide bonds. The summed E-state index contributed by atoms with van der Waals surface area (Å²) in [6.07, 6.45) is 1.70. The summed E-state index contributed by atoms with van der Waals surface area (Å²) >= 11 is 0.966. The van der Waals surface area contributed by atoms with Crippen LogP contribution in [0.2, 0.25) is 0 Å². The monoisotopic (exact) mass is 532 g/mol. The van der Waals surface area contributed by atoms with Crippen molar-refractivity contribution >= 4 is 35.3 Å². The lowest BCUT2D eigenvalue weighted by Crippen LogP contribution is -2.21. The highest BCUT2D eigenvalue weighted by atomic mass is 32.2. The fourth-order valence-corrected chi connectivity index (χ4v) is 4.38. The predicted molar refractivity (Wildman–Crippen MR) is 139 cm³/mol. The van der Waals surface area contributed by atoms with E-state index in [2.05, 4.69) is 0 Å². The van der Waals surface area contributed by atoms with Gasteiger partial charge in [0.1, 0.15) is 17.2 Å². The second-order valence-electron chi connectivity index (χ2n) is 8.39. The summed E-state index contributed by atoms with van der Waals surface area (Å²) in [6, 6.07) is 9.63. The van der Waals surface area contributed by atoms with Crippen molar-refractivity contribution in [2.24, 2.45) is 5.92 Å². The van der Waals surface area contributed by atoms with Crippen molar-refractivity contribution in [3.63, 3.8) is 0 Å². The molecule has 0 aromatic heterocycles. The molecule has 0 unspecified atom stereocenters. The number of ether oxygens (including phenoxy) is 2. The summed E-state index contributed by atoms with van der Waals surface area (Å²) < 4.78 is 11.5. The van der Waals surface area contributed by atoms with E-state index in [4.69, 9.17) is 14.6 Å². The number of benzene rings is 2. The molecule has 1 atom stereocenters. The van der Waals surface area contributed by atoms with Crippen molar-refractivity contribution in [1.29, 1.82) is 0 Å². The molecule has 0 bridgehead atoms. The van der Waals surface area contributed by atoms with Gasteiger partial charge in [0.15, 0.2) is 11.6 Å². The van der Waals surface area contributed by atoms with E-state index in [0.717, 1.165) is 18.2 Å². The number of carbonyl (C=O) groups is 4. The van der Waals surface area contributed by atoms with Crippen LogP contribution in [0.1, 0.15) is 59.4 Å². The van der Waals surface area contributed by atoms with Crippen molar-refractivity contribution in [3.05, 3.63) is 53.1 Å².